The predicted octanol–water partition coefficient (Wildman–Crippen LogP) is 2.17. The first-order valence-electron chi connectivity index (χ1n) is 4.80. The molecule has 1 fully saturated rings. The van der Waals surface area contributed by atoms with Gasteiger partial charge in [-0.2, -0.15) is 0 Å². The highest BCUT2D eigenvalue weighted by atomic mass is 32.1. The molecule has 1 heterocycles. The topological polar surface area (TPSA) is 24.9 Å². The molecule has 2 unspecified atom stereocenters. The fourth-order valence-electron chi connectivity index (χ4n) is 2.23. The molecule has 2 atom stereocenters. The van der Waals surface area contributed by atoms with Gasteiger partial charge in [0.2, 0.25) is 0 Å². The van der Waals surface area contributed by atoms with Gasteiger partial charge in [-0.05, 0) is 26.3 Å². The molecule has 0 aliphatic heterocycles. The molecule has 0 amide bonds. The summed E-state index contributed by atoms with van der Waals surface area (Å²) in [6.45, 7) is 2.33. The lowest BCUT2D eigenvalue weighted by molar-refractivity contribution is 0.456. The SMILES string of the molecule is CNC1CCC(C)(c2cscn2)C1. The van der Waals surface area contributed by atoms with E-state index in [1.54, 1.807) is 11.3 Å². The van der Waals surface area contributed by atoms with Crippen LogP contribution in [0.2, 0.25) is 0 Å². The number of hydrogen-bond acceptors (Lipinski definition) is 3. The first kappa shape index (κ1) is 9.16. The van der Waals surface area contributed by atoms with E-state index in [-0.39, 0.29) is 0 Å². The summed E-state index contributed by atoms with van der Waals surface area (Å²) in [4.78, 5) is 4.43. The van der Waals surface area contributed by atoms with E-state index in [9.17, 15) is 0 Å². The summed E-state index contributed by atoms with van der Waals surface area (Å²) in [6.07, 6.45) is 3.78. The molecular weight excluding hydrogens is 180 g/mol. The number of aromatic nitrogens is 1. The third kappa shape index (κ3) is 1.63. The van der Waals surface area contributed by atoms with Crippen LogP contribution in [-0.4, -0.2) is 18.1 Å². The predicted molar refractivity (Wildman–Crippen MR) is 56.2 cm³/mol. The van der Waals surface area contributed by atoms with Gasteiger partial charge in [0.05, 0.1) is 11.2 Å². The van der Waals surface area contributed by atoms with Gasteiger partial charge in [0.15, 0.2) is 0 Å². The Morgan fingerprint density at radius 3 is 3.08 bits per heavy atom. The van der Waals surface area contributed by atoms with Crippen molar-refractivity contribution in [1.29, 1.82) is 0 Å². The first-order valence-corrected chi connectivity index (χ1v) is 5.75. The second-order valence-corrected chi connectivity index (χ2v) is 4.88. The standard InChI is InChI=1S/C10H16N2S/c1-10(9-6-13-7-12-9)4-3-8(5-10)11-2/h6-8,11H,3-5H2,1-2H3. The summed E-state index contributed by atoms with van der Waals surface area (Å²) in [5.41, 5.74) is 3.55. The van der Waals surface area contributed by atoms with Crippen LogP contribution in [0.5, 0.6) is 0 Å². The molecule has 1 aromatic heterocycles. The number of rotatable bonds is 2. The Morgan fingerprint density at radius 1 is 1.69 bits per heavy atom. The quantitative estimate of drug-likeness (QED) is 0.784. The lowest BCUT2D eigenvalue weighted by Gasteiger charge is -2.21. The van der Waals surface area contributed by atoms with E-state index in [0.717, 1.165) is 0 Å². The average molecular weight is 196 g/mol. The average Bonchev–Trinajstić information content (AvgIpc) is 2.72. The Hall–Kier alpha value is -0.410. The minimum absolute atomic E-state index is 0.327. The van der Waals surface area contributed by atoms with Gasteiger partial charge < -0.3 is 5.32 Å². The minimum atomic E-state index is 0.327. The monoisotopic (exact) mass is 196 g/mol. The summed E-state index contributed by atoms with van der Waals surface area (Å²) in [5.74, 6) is 0. The Kier molecular flexibility index (Phi) is 2.39. The van der Waals surface area contributed by atoms with Gasteiger partial charge in [-0.1, -0.05) is 6.92 Å². The molecule has 3 heteroatoms. The third-order valence-corrected chi connectivity index (χ3v) is 3.79. The Labute approximate surface area is 83.4 Å². The summed E-state index contributed by atoms with van der Waals surface area (Å²) < 4.78 is 0. The number of thiazole rings is 1. The Bertz CT molecular complexity index is 270. The second-order valence-electron chi connectivity index (χ2n) is 4.16. The van der Waals surface area contributed by atoms with Gasteiger partial charge in [-0.3, -0.25) is 0 Å². The molecular formula is C10H16N2S. The molecule has 0 bridgehead atoms. The zero-order chi connectivity index (χ0) is 9.31. The van der Waals surface area contributed by atoms with E-state index >= 15 is 0 Å². The zero-order valence-electron chi connectivity index (χ0n) is 8.21. The van der Waals surface area contributed by atoms with Crippen LogP contribution >= 0.6 is 11.3 Å². The zero-order valence-corrected chi connectivity index (χ0v) is 9.03. The minimum Gasteiger partial charge on any atom is -0.317 e. The maximum Gasteiger partial charge on any atom is 0.0794 e. The highest BCUT2D eigenvalue weighted by Gasteiger charge is 2.37. The summed E-state index contributed by atoms with van der Waals surface area (Å²) in [7, 11) is 2.05. The maximum atomic E-state index is 4.43. The van der Waals surface area contributed by atoms with E-state index in [1.807, 2.05) is 5.51 Å². The molecule has 1 aromatic rings. The molecule has 1 aliphatic carbocycles. The summed E-state index contributed by atoms with van der Waals surface area (Å²) >= 11 is 1.70. The number of hydrogen-bond donors (Lipinski definition) is 1. The molecule has 1 saturated carbocycles. The second kappa shape index (κ2) is 3.39. The molecule has 13 heavy (non-hydrogen) atoms. The molecule has 72 valence electrons. The molecule has 1 N–H and O–H groups in total. The van der Waals surface area contributed by atoms with Gasteiger partial charge >= 0.3 is 0 Å². The lowest BCUT2D eigenvalue weighted by atomic mass is 9.85. The van der Waals surface area contributed by atoms with E-state index < -0.39 is 0 Å². The largest absolute Gasteiger partial charge is 0.317 e. The van der Waals surface area contributed by atoms with Crippen LogP contribution in [0.4, 0.5) is 0 Å². The van der Waals surface area contributed by atoms with Crippen molar-refractivity contribution in [2.45, 2.75) is 37.6 Å². The van der Waals surface area contributed by atoms with Crippen molar-refractivity contribution in [3.63, 3.8) is 0 Å². The van der Waals surface area contributed by atoms with Crippen LogP contribution in [0.15, 0.2) is 10.9 Å². The summed E-state index contributed by atoms with van der Waals surface area (Å²) in [6, 6.07) is 0.687. The van der Waals surface area contributed by atoms with Crippen molar-refractivity contribution < 1.29 is 0 Å². The van der Waals surface area contributed by atoms with Crippen LogP contribution in [-0.2, 0) is 5.41 Å². The fraction of sp³-hybridized carbons (Fsp3) is 0.700. The fourth-order valence-corrected chi connectivity index (χ4v) is 2.94. The summed E-state index contributed by atoms with van der Waals surface area (Å²) in [5, 5.41) is 5.55. The Balaban J connectivity index is 2.15. The van der Waals surface area contributed by atoms with Crippen molar-refractivity contribution in [1.82, 2.24) is 10.3 Å². The van der Waals surface area contributed by atoms with Crippen molar-refractivity contribution in [2.75, 3.05) is 7.05 Å². The number of nitrogens with one attached hydrogen (secondary N) is 1. The van der Waals surface area contributed by atoms with Crippen LogP contribution in [0.25, 0.3) is 0 Å². The van der Waals surface area contributed by atoms with Crippen molar-refractivity contribution in [3.05, 3.63) is 16.6 Å². The van der Waals surface area contributed by atoms with E-state index in [4.69, 9.17) is 0 Å². The lowest BCUT2D eigenvalue weighted by Crippen LogP contribution is -2.25. The maximum absolute atomic E-state index is 4.43. The van der Waals surface area contributed by atoms with Gasteiger partial charge in [-0.15, -0.1) is 11.3 Å². The highest BCUT2D eigenvalue weighted by Crippen LogP contribution is 2.40. The van der Waals surface area contributed by atoms with E-state index in [0.29, 0.717) is 11.5 Å². The van der Waals surface area contributed by atoms with Crippen LogP contribution in [0.1, 0.15) is 31.9 Å². The van der Waals surface area contributed by atoms with Crippen LogP contribution in [0, 0.1) is 0 Å². The third-order valence-electron chi connectivity index (χ3n) is 3.20. The van der Waals surface area contributed by atoms with Crippen molar-refractivity contribution >= 4 is 11.3 Å². The molecule has 2 nitrogen and oxygen atoms in total. The van der Waals surface area contributed by atoms with E-state index in [2.05, 4.69) is 29.7 Å². The molecule has 0 saturated heterocycles. The van der Waals surface area contributed by atoms with Crippen LogP contribution in [0.3, 0.4) is 0 Å². The van der Waals surface area contributed by atoms with Gasteiger partial charge in [0, 0.05) is 16.8 Å². The Morgan fingerprint density at radius 2 is 2.54 bits per heavy atom. The molecule has 0 radical (unpaired) electrons. The molecule has 1 aliphatic rings. The van der Waals surface area contributed by atoms with E-state index in [1.165, 1.54) is 25.0 Å². The van der Waals surface area contributed by atoms with Crippen LogP contribution < -0.4 is 5.32 Å². The molecule has 2 rings (SSSR count). The first-order chi connectivity index (χ1) is 6.24. The van der Waals surface area contributed by atoms with Crippen molar-refractivity contribution in [3.8, 4) is 0 Å². The van der Waals surface area contributed by atoms with Gasteiger partial charge in [-0.25, -0.2) is 4.98 Å². The van der Waals surface area contributed by atoms with Gasteiger partial charge in [0.25, 0.3) is 0 Å². The van der Waals surface area contributed by atoms with Crippen molar-refractivity contribution in [2.24, 2.45) is 0 Å². The smallest absolute Gasteiger partial charge is 0.0794 e. The highest BCUT2D eigenvalue weighted by molar-refractivity contribution is 7.07. The van der Waals surface area contributed by atoms with Gasteiger partial charge in [0.1, 0.15) is 0 Å². The normalized spacial score (nSPS) is 33.8. The number of nitrogens with zero attached hydrogens (tertiary/aromatic N) is 1. The molecule has 0 aromatic carbocycles. The molecule has 0 spiro atoms.